The molecule has 0 radical (unpaired) electrons. The van der Waals surface area contributed by atoms with Crippen LogP contribution in [0.4, 0.5) is 5.95 Å². The van der Waals surface area contributed by atoms with Gasteiger partial charge in [-0.15, -0.1) is 0 Å². The van der Waals surface area contributed by atoms with Crippen LogP contribution >= 0.6 is 0 Å². The number of aliphatic hydroxyl groups excluding tert-OH is 2. The highest BCUT2D eigenvalue weighted by Crippen LogP contribution is 2.17. The minimum absolute atomic E-state index is 0.000160. The second-order valence-corrected chi connectivity index (χ2v) is 6.32. The Kier molecular flexibility index (Phi) is 6.12. The van der Waals surface area contributed by atoms with Gasteiger partial charge in [0.2, 0.25) is 5.95 Å². The van der Waals surface area contributed by atoms with Crippen LogP contribution < -0.4 is 21.3 Å². The van der Waals surface area contributed by atoms with Crippen LogP contribution in [-0.4, -0.2) is 55.2 Å². The number of fused-ring (bicyclic) bond motifs is 1. The summed E-state index contributed by atoms with van der Waals surface area (Å²) in [5.41, 5.74) is -0.780. The van der Waals surface area contributed by atoms with Crippen molar-refractivity contribution in [3.8, 4) is 5.75 Å². The van der Waals surface area contributed by atoms with Gasteiger partial charge in [-0.3, -0.25) is 14.3 Å². The van der Waals surface area contributed by atoms with Gasteiger partial charge in [0.25, 0.3) is 5.56 Å². The topological polar surface area (TPSA) is 134 Å². The van der Waals surface area contributed by atoms with Crippen molar-refractivity contribution in [1.29, 1.82) is 0 Å². The summed E-state index contributed by atoms with van der Waals surface area (Å²) in [6.07, 6.45) is -0.439. The summed E-state index contributed by atoms with van der Waals surface area (Å²) >= 11 is 0. The molecule has 28 heavy (non-hydrogen) atoms. The van der Waals surface area contributed by atoms with Gasteiger partial charge in [0.05, 0.1) is 6.54 Å². The number of nitrogens with one attached hydrogen (secondary N) is 2. The highest BCUT2D eigenvalue weighted by molar-refractivity contribution is 5.74. The smallest absolute Gasteiger partial charge is 0.329 e. The number of anilines is 1. The first-order valence-electron chi connectivity index (χ1n) is 8.91. The Morgan fingerprint density at radius 3 is 2.75 bits per heavy atom. The number of aliphatic hydroxyl groups is 2. The molecule has 0 saturated carbocycles. The molecule has 150 valence electrons. The van der Waals surface area contributed by atoms with E-state index in [9.17, 15) is 14.7 Å². The van der Waals surface area contributed by atoms with Crippen molar-refractivity contribution < 1.29 is 14.9 Å². The molecule has 0 amide bonds. The molecular formula is C18H23N5O5. The van der Waals surface area contributed by atoms with Crippen molar-refractivity contribution in [3.63, 3.8) is 0 Å². The number of H-pyrrole nitrogens is 1. The largest absolute Gasteiger partial charge is 0.491 e. The van der Waals surface area contributed by atoms with Crippen molar-refractivity contribution in [2.24, 2.45) is 7.05 Å². The molecule has 2 heterocycles. The highest BCUT2D eigenvalue weighted by Gasteiger charge is 2.19. The van der Waals surface area contributed by atoms with Gasteiger partial charge >= 0.3 is 5.69 Å². The SMILES string of the molecule is Cn1c(=O)[nH]c(=O)c2c1nc(NCCCO)n2CC(O)COc1ccccc1. The minimum Gasteiger partial charge on any atom is -0.491 e. The summed E-state index contributed by atoms with van der Waals surface area (Å²) in [5.74, 6) is 0.951. The molecule has 3 aromatic rings. The first-order valence-corrected chi connectivity index (χ1v) is 8.91. The zero-order chi connectivity index (χ0) is 20.1. The highest BCUT2D eigenvalue weighted by atomic mass is 16.5. The molecule has 1 unspecified atom stereocenters. The Bertz CT molecular complexity index is 1040. The quantitative estimate of drug-likeness (QED) is 0.368. The van der Waals surface area contributed by atoms with Crippen LogP contribution in [-0.2, 0) is 13.6 Å². The molecule has 3 rings (SSSR count). The zero-order valence-electron chi connectivity index (χ0n) is 15.5. The number of hydrogen-bond donors (Lipinski definition) is 4. The molecular weight excluding hydrogens is 366 g/mol. The summed E-state index contributed by atoms with van der Waals surface area (Å²) < 4.78 is 8.31. The number of ether oxygens (including phenoxy) is 1. The Labute approximate surface area is 160 Å². The van der Waals surface area contributed by atoms with Crippen LogP contribution in [0.25, 0.3) is 11.2 Å². The van der Waals surface area contributed by atoms with E-state index in [1.807, 2.05) is 18.2 Å². The van der Waals surface area contributed by atoms with Gasteiger partial charge in [0.1, 0.15) is 18.5 Å². The third-order valence-electron chi connectivity index (χ3n) is 4.20. The Balaban J connectivity index is 1.88. The predicted molar refractivity (Wildman–Crippen MR) is 104 cm³/mol. The lowest BCUT2D eigenvalue weighted by atomic mass is 10.3. The maximum absolute atomic E-state index is 12.4. The summed E-state index contributed by atoms with van der Waals surface area (Å²) in [7, 11) is 1.50. The van der Waals surface area contributed by atoms with E-state index in [-0.39, 0.29) is 30.9 Å². The molecule has 0 spiro atoms. The minimum atomic E-state index is -0.923. The van der Waals surface area contributed by atoms with E-state index in [0.29, 0.717) is 24.7 Å². The Morgan fingerprint density at radius 1 is 1.29 bits per heavy atom. The van der Waals surface area contributed by atoms with E-state index in [1.54, 1.807) is 12.1 Å². The standard InChI is InChI=1S/C18H23N5O5/c1-22-15-14(16(26)21-18(22)27)23(17(20-15)19-8-5-9-24)10-12(25)11-28-13-6-3-2-4-7-13/h2-4,6-7,12,24-25H,5,8-11H2,1H3,(H,19,20)(H,21,26,27). The molecule has 10 heteroatoms. The first kappa shape index (κ1) is 19.6. The van der Waals surface area contributed by atoms with Crippen molar-refractivity contribution >= 4 is 17.1 Å². The maximum Gasteiger partial charge on any atom is 0.329 e. The molecule has 0 aliphatic carbocycles. The first-order chi connectivity index (χ1) is 13.5. The van der Waals surface area contributed by atoms with Crippen molar-refractivity contribution in [2.75, 3.05) is 25.1 Å². The third kappa shape index (κ3) is 4.24. The monoisotopic (exact) mass is 389 g/mol. The summed E-state index contributed by atoms with van der Waals surface area (Å²) in [4.78, 5) is 30.8. The van der Waals surface area contributed by atoms with Gasteiger partial charge in [-0.25, -0.2) is 4.79 Å². The number of hydrogen-bond acceptors (Lipinski definition) is 7. The summed E-state index contributed by atoms with van der Waals surface area (Å²) in [6, 6.07) is 9.08. The number of rotatable bonds is 9. The van der Waals surface area contributed by atoms with Crippen LogP contribution in [0.3, 0.4) is 0 Å². The number of aromatic amines is 1. The molecule has 0 fully saturated rings. The fourth-order valence-electron chi connectivity index (χ4n) is 2.80. The second-order valence-electron chi connectivity index (χ2n) is 6.32. The lowest BCUT2D eigenvalue weighted by Gasteiger charge is -2.15. The van der Waals surface area contributed by atoms with E-state index in [2.05, 4.69) is 15.3 Å². The number of para-hydroxylation sites is 1. The number of aromatic nitrogens is 4. The van der Waals surface area contributed by atoms with Crippen LogP contribution in [0.5, 0.6) is 5.75 Å². The predicted octanol–water partition coefficient (Wildman–Crippen LogP) is -0.343. The fourth-order valence-corrected chi connectivity index (χ4v) is 2.80. The molecule has 0 aliphatic heterocycles. The van der Waals surface area contributed by atoms with Crippen LogP contribution in [0.15, 0.2) is 39.9 Å². The molecule has 4 N–H and O–H groups in total. The molecule has 1 aromatic carbocycles. The van der Waals surface area contributed by atoms with Gasteiger partial charge < -0.3 is 24.8 Å². The van der Waals surface area contributed by atoms with Gasteiger partial charge in [-0.2, -0.15) is 4.98 Å². The second kappa shape index (κ2) is 8.72. The molecule has 1 atom stereocenters. The van der Waals surface area contributed by atoms with Gasteiger partial charge in [-0.05, 0) is 18.6 Å². The fraction of sp³-hybridized carbons (Fsp3) is 0.389. The van der Waals surface area contributed by atoms with Crippen LogP contribution in [0.2, 0.25) is 0 Å². The van der Waals surface area contributed by atoms with Gasteiger partial charge in [0.15, 0.2) is 11.2 Å². The number of aryl methyl sites for hydroxylation is 1. The van der Waals surface area contributed by atoms with Crippen molar-refractivity contribution in [3.05, 3.63) is 51.2 Å². The molecule has 0 bridgehead atoms. The summed E-state index contributed by atoms with van der Waals surface area (Å²) in [6.45, 7) is 0.470. The Hall–Kier alpha value is -3.11. The van der Waals surface area contributed by atoms with E-state index in [1.165, 1.54) is 16.2 Å². The number of benzene rings is 1. The Morgan fingerprint density at radius 2 is 2.04 bits per heavy atom. The van der Waals surface area contributed by atoms with Crippen LogP contribution in [0.1, 0.15) is 6.42 Å². The van der Waals surface area contributed by atoms with Crippen molar-refractivity contribution in [2.45, 2.75) is 19.1 Å². The van der Waals surface area contributed by atoms with Gasteiger partial charge in [-0.1, -0.05) is 18.2 Å². The zero-order valence-corrected chi connectivity index (χ0v) is 15.5. The van der Waals surface area contributed by atoms with E-state index in [4.69, 9.17) is 9.84 Å². The van der Waals surface area contributed by atoms with Crippen LogP contribution in [0, 0.1) is 0 Å². The normalized spacial score (nSPS) is 12.2. The van der Waals surface area contributed by atoms with Gasteiger partial charge in [0, 0.05) is 20.2 Å². The molecule has 2 aromatic heterocycles. The lowest BCUT2D eigenvalue weighted by molar-refractivity contribution is 0.0938. The van der Waals surface area contributed by atoms with E-state index in [0.717, 1.165) is 0 Å². The van der Waals surface area contributed by atoms with Crippen molar-refractivity contribution in [1.82, 2.24) is 19.1 Å². The molecule has 0 saturated heterocycles. The number of imidazole rings is 1. The maximum atomic E-state index is 12.4. The van der Waals surface area contributed by atoms with E-state index >= 15 is 0 Å². The molecule has 0 aliphatic rings. The lowest BCUT2D eigenvalue weighted by Crippen LogP contribution is -2.31. The number of nitrogens with zero attached hydrogens (tertiary/aromatic N) is 3. The average Bonchev–Trinajstić information content (AvgIpc) is 3.04. The summed E-state index contributed by atoms with van der Waals surface area (Å²) in [5, 5.41) is 22.4. The average molecular weight is 389 g/mol. The molecule has 10 nitrogen and oxygen atoms in total. The van der Waals surface area contributed by atoms with E-state index < -0.39 is 17.4 Å². The third-order valence-corrected chi connectivity index (χ3v) is 4.20.